The minimum atomic E-state index is -0.556. The Balaban J connectivity index is 1.68. The fourth-order valence-electron chi connectivity index (χ4n) is 4.28. The maximum absolute atomic E-state index is 13.9. The van der Waals surface area contributed by atoms with Gasteiger partial charge in [-0.25, -0.2) is 9.18 Å². The minimum absolute atomic E-state index is 0.290. The van der Waals surface area contributed by atoms with Crippen molar-refractivity contribution in [3.8, 4) is 17.2 Å². The van der Waals surface area contributed by atoms with Crippen molar-refractivity contribution >= 4 is 11.8 Å². The molecule has 0 unspecified atom stereocenters. The third-order valence-electron chi connectivity index (χ3n) is 5.67. The van der Waals surface area contributed by atoms with Crippen LogP contribution in [0.2, 0.25) is 0 Å². The lowest BCUT2D eigenvalue weighted by molar-refractivity contribution is -0.0265. The van der Waals surface area contributed by atoms with Crippen molar-refractivity contribution in [2.75, 3.05) is 5.32 Å². The molecule has 0 spiro atoms. The maximum Gasteiger partial charge on any atom is 0.412 e. The lowest BCUT2D eigenvalue weighted by Crippen LogP contribution is -2.43. The normalized spacial score (nSPS) is 20.5. The van der Waals surface area contributed by atoms with Gasteiger partial charge in [0.15, 0.2) is 0 Å². The Bertz CT molecular complexity index is 958. The van der Waals surface area contributed by atoms with Crippen LogP contribution < -0.4 is 5.32 Å². The van der Waals surface area contributed by atoms with E-state index in [0.29, 0.717) is 17.4 Å². The van der Waals surface area contributed by atoms with Crippen LogP contribution in [-0.4, -0.2) is 6.09 Å². The second-order valence-electron chi connectivity index (χ2n) is 7.46. The number of carbonyl (C=O) groups excluding carboxylic acids is 1. The number of fused-ring (bicyclic) bond motifs is 1. The van der Waals surface area contributed by atoms with Gasteiger partial charge in [0, 0.05) is 17.4 Å². The molecular weight excluding hydrogens is 331 g/mol. The smallest absolute Gasteiger partial charge is 0.412 e. The van der Waals surface area contributed by atoms with Crippen LogP contribution in [-0.2, 0) is 10.3 Å². The van der Waals surface area contributed by atoms with Crippen LogP contribution in [0.3, 0.4) is 0 Å². The highest BCUT2D eigenvalue weighted by Crippen LogP contribution is 2.62. The molecule has 1 aliphatic heterocycles. The molecule has 0 radical (unpaired) electrons. The summed E-state index contributed by atoms with van der Waals surface area (Å²) >= 11 is 0. The summed E-state index contributed by atoms with van der Waals surface area (Å²) < 4.78 is 19.8. The van der Waals surface area contributed by atoms with Crippen molar-refractivity contribution in [2.45, 2.75) is 31.3 Å². The Morgan fingerprint density at radius 1 is 1.08 bits per heavy atom. The largest absolute Gasteiger partial charge is 0.437 e. The third kappa shape index (κ3) is 2.29. The molecule has 5 heteroatoms. The molecule has 3 aliphatic rings. The van der Waals surface area contributed by atoms with E-state index in [1.807, 2.05) is 24.3 Å². The van der Waals surface area contributed by atoms with Gasteiger partial charge >= 0.3 is 6.09 Å². The average Bonchev–Trinajstić information content (AvgIpc) is 3.52. The zero-order chi connectivity index (χ0) is 17.9. The van der Waals surface area contributed by atoms with Crippen molar-refractivity contribution in [1.29, 1.82) is 5.26 Å². The molecule has 4 nitrogen and oxygen atoms in total. The molecule has 0 saturated heterocycles. The number of hydrogen-bond acceptors (Lipinski definition) is 3. The van der Waals surface area contributed by atoms with Crippen LogP contribution in [0.5, 0.6) is 0 Å². The van der Waals surface area contributed by atoms with Gasteiger partial charge in [-0.3, -0.25) is 5.32 Å². The Hall–Kier alpha value is -2.87. The second kappa shape index (κ2) is 5.31. The average molecular weight is 348 g/mol. The van der Waals surface area contributed by atoms with Crippen molar-refractivity contribution in [3.05, 3.63) is 53.3 Å². The maximum atomic E-state index is 13.9. The number of rotatable bonds is 3. The van der Waals surface area contributed by atoms with E-state index in [4.69, 9.17) is 10.00 Å². The first-order valence-corrected chi connectivity index (χ1v) is 8.96. The molecule has 1 heterocycles. The van der Waals surface area contributed by atoms with Gasteiger partial charge in [-0.15, -0.1) is 0 Å². The zero-order valence-electron chi connectivity index (χ0n) is 14.1. The highest BCUT2D eigenvalue weighted by atomic mass is 19.1. The van der Waals surface area contributed by atoms with E-state index in [1.54, 1.807) is 6.07 Å². The number of anilines is 1. The summed E-state index contributed by atoms with van der Waals surface area (Å²) in [5.41, 5.74) is 2.98. The zero-order valence-corrected chi connectivity index (χ0v) is 14.1. The molecule has 26 heavy (non-hydrogen) atoms. The number of benzene rings is 2. The first-order chi connectivity index (χ1) is 12.6. The number of nitriles is 1. The molecule has 1 N–H and O–H groups in total. The van der Waals surface area contributed by atoms with Crippen LogP contribution in [0.15, 0.2) is 36.4 Å². The molecule has 2 fully saturated rings. The van der Waals surface area contributed by atoms with E-state index < -0.39 is 11.4 Å². The van der Waals surface area contributed by atoms with Crippen LogP contribution in [0.1, 0.15) is 36.8 Å². The first-order valence-electron chi connectivity index (χ1n) is 8.96. The number of cyclic esters (lactones) is 1. The summed E-state index contributed by atoms with van der Waals surface area (Å²) in [6, 6.07) is 12.1. The van der Waals surface area contributed by atoms with Gasteiger partial charge in [0.2, 0.25) is 0 Å². The predicted octanol–water partition coefficient (Wildman–Crippen LogP) is 4.94. The van der Waals surface area contributed by atoms with Gasteiger partial charge in [0.25, 0.3) is 0 Å². The highest BCUT2D eigenvalue weighted by molar-refractivity contribution is 5.90. The SMILES string of the molecule is N#Cc1cc(F)cc(-c2ccc3c(c2)C(C2CC2)(C2CC2)OC(=O)N3)c1. The van der Waals surface area contributed by atoms with Gasteiger partial charge in [0.05, 0.1) is 17.3 Å². The van der Waals surface area contributed by atoms with Gasteiger partial charge in [-0.2, -0.15) is 5.26 Å². The standard InChI is InChI=1S/C21H17FN2O2/c22-17-8-12(11-23)7-14(9-17)13-1-6-19-18(10-13)21(15-2-3-15,16-4-5-16)26-20(25)24-19/h1,6-10,15-16H,2-5H2,(H,24,25). The molecule has 2 aromatic rings. The Morgan fingerprint density at radius 2 is 1.81 bits per heavy atom. The molecule has 0 bridgehead atoms. The molecule has 2 aliphatic carbocycles. The van der Waals surface area contributed by atoms with E-state index in [2.05, 4.69) is 5.32 Å². The lowest BCUT2D eigenvalue weighted by atomic mass is 9.80. The summed E-state index contributed by atoms with van der Waals surface area (Å²) in [6.45, 7) is 0. The van der Waals surface area contributed by atoms with Gasteiger partial charge in [-0.05, 0) is 67.1 Å². The Labute approximate surface area is 150 Å². The van der Waals surface area contributed by atoms with Gasteiger partial charge < -0.3 is 4.74 Å². The Kier molecular flexibility index (Phi) is 3.14. The van der Waals surface area contributed by atoms with E-state index in [-0.39, 0.29) is 11.7 Å². The molecule has 1 amide bonds. The lowest BCUT2D eigenvalue weighted by Gasteiger charge is -2.39. The van der Waals surface area contributed by atoms with E-state index >= 15 is 0 Å². The van der Waals surface area contributed by atoms with Crippen LogP contribution in [0.4, 0.5) is 14.9 Å². The number of halogens is 1. The molecule has 0 atom stereocenters. The number of amides is 1. The summed E-state index contributed by atoms with van der Waals surface area (Å²) in [4.78, 5) is 12.2. The van der Waals surface area contributed by atoms with Crippen molar-refractivity contribution in [2.24, 2.45) is 11.8 Å². The fourth-order valence-corrected chi connectivity index (χ4v) is 4.28. The number of hydrogen-bond donors (Lipinski definition) is 1. The van der Waals surface area contributed by atoms with E-state index in [9.17, 15) is 9.18 Å². The summed E-state index contributed by atoms with van der Waals surface area (Å²) in [5, 5.41) is 11.9. The molecule has 0 aromatic heterocycles. The number of ether oxygens (including phenoxy) is 1. The first kappa shape index (κ1) is 15.4. The van der Waals surface area contributed by atoms with Gasteiger partial charge in [-0.1, -0.05) is 6.07 Å². The predicted molar refractivity (Wildman–Crippen MR) is 93.8 cm³/mol. The summed E-state index contributed by atoms with van der Waals surface area (Å²) in [7, 11) is 0. The molecular formula is C21H17FN2O2. The minimum Gasteiger partial charge on any atom is -0.437 e. The number of nitrogens with one attached hydrogen (secondary N) is 1. The molecule has 5 rings (SSSR count). The van der Waals surface area contributed by atoms with Crippen LogP contribution in [0, 0.1) is 29.0 Å². The monoisotopic (exact) mass is 348 g/mol. The van der Waals surface area contributed by atoms with E-state index in [0.717, 1.165) is 42.5 Å². The van der Waals surface area contributed by atoms with Crippen molar-refractivity contribution in [3.63, 3.8) is 0 Å². The topological polar surface area (TPSA) is 62.1 Å². The van der Waals surface area contributed by atoms with Crippen molar-refractivity contribution in [1.82, 2.24) is 0 Å². The molecule has 2 saturated carbocycles. The second-order valence-corrected chi connectivity index (χ2v) is 7.46. The van der Waals surface area contributed by atoms with E-state index in [1.165, 1.54) is 12.1 Å². The number of carbonyl (C=O) groups is 1. The highest BCUT2D eigenvalue weighted by Gasteiger charge is 2.60. The molecule has 2 aromatic carbocycles. The van der Waals surface area contributed by atoms with Crippen LogP contribution in [0.25, 0.3) is 11.1 Å². The summed E-state index contributed by atoms with van der Waals surface area (Å²) in [6.07, 6.45) is 3.86. The fraction of sp³-hybridized carbons (Fsp3) is 0.333. The van der Waals surface area contributed by atoms with Crippen molar-refractivity contribution < 1.29 is 13.9 Å². The summed E-state index contributed by atoms with van der Waals surface area (Å²) in [5.74, 6) is 0.284. The van der Waals surface area contributed by atoms with Crippen LogP contribution >= 0.6 is 0 Å². The molecule has 130 valence electrons. The number of nitrogens with zero attached hydrogens (tertiary/aromatic N) is 1. The third-order valence-corrected chi connectivity index (χ3v) is 5.67. The van der Waals surface area contributed by atoms with Gasteiger partial charge in [0.1, 0.15) is 11.4 Å². The quantitative estimate of drug-likeness (QED) is 0.854. The Morgan fingerprint density at radius 3 is 2.46 bits per heavy atom.